The number of nitrogens with zero attached hydrogens (tertiary/aromatic N) is 2. The van der Waals surface area contributed by atoms with Gasteiger partial charge in [-0.1, -0.05) is 26.2 Å². The molecular weight excluding hydrogens is 292 g/mol. The Morgan fingerprint density at radius 3 is 2.83 bits per heavy atom. The summed E-state index contributed by atoms with van der Waals surface area (Å²) in [4.78, 5) is 24.3. The zero-order valence-electron chi connectivity index (χ0n) is 13.8. The minimum atomic E-state index is -0.476. The van der Waals surface area contributed by atoms with Crippen LogP contribution in [0, 0.1) is 5.92 Å². The van der Waals surface area contributed by atoms with E-state index in [1.54, 1.807) is 6.20 Å². The van der Waals surface area contributed by atoms with Gasteiger partial charge in [0.1, 0.15) is 0 Å². The third-order valence-electron chi connectivity index (χ3n) is 5.27. The third kappa shape index (κ3) is 3.41. The maximum absolute atomic E-state index is 12.8. The van der Waals surface area contributed by atoms with Crippen molar-refractivity contribution in [3.05, 3.63) is 17.5 Å². The van der Waals surface area contributed by atoms with Gasteiger partial charge in [0.25, 0.3) is 5.91 Å². The second-order valence-electron chi connectivity index (χ2n) is 7.26. The van der Waals surface area contributed by atoms with E-state index in [0.717, 1.165) is 57.2 Å². The van der Waals surface area contributed by atoms with E-state index in [2.05, 4.69) is 17.3 Å². The van der Waals surface area contributed by atoms with Gasteiger partial charge in [-0.3, -0.25) is 14.3 Å². The number of fused-ring (bicyclic) bond motifs is 1. The Balaban J connectivity index is 1.80. The Bertz CT molecular complexity index is 602. The molecule has 1 aliphatic heterocycles. The van der Waals surface area contributed by atoms with Crippen molar-refractivity contribution in [2.24, 2.45) is 11.7 Å². The number of carbonyl (C=O) groups is 2. The zero-order valence-corrected chi connectivity index (χ0v) is 13.8. The molecule has 6 heteroatoms. The molecule has 1 aromatic rings. The van der Waals surface area contributed by atoms with Crippen molar-refractivity contribution in [2.75, 3.05) is 0 Å². The first-order chi connectivity index (χ1) is 11.0. The molecule has 0 aromatic carbocycles. The molecule has 3 N–H and O–H groups in total. The van der Waals surface area contributed by atoms with Crippen LogP contribution in [0.5, 0.6) is 0 Å². The molecule has 3 rings (SSSR count). The van der Waals surface area contributed by atoms with E-state index >= 15 is 0 Å². The zero-order chi connectivity index (χ0) is 16.4. The first-order valence-electron chi connectivity index (χ1n) is 8.65. The Morgan fingerprint density at radius 1 is 1.39 bits per heavy atom. The quantitative estimate of drug-likeness (QED) is 0.886. The summed E-state index contributed by atoms with van der Waals surface area (Å²) in [5.41, 5.74) is 6.63. The minimum Gasteiger partial charge on any atom is -0.370 e. The smallest absolute Gasteiger partial charge is 0.255 e. The first-order valence-corrected chi connectivity index (χ1v) is 8.65. The van der Waals surface area contributed by atoms with E-state index in [-0.39, 0.29) is 18.2 Å². The van der Waals surface area contributed by atoms with E-state index in [1.165, 1.54) is 0 Å². The molecule has 1 unspecified atom stereocenters. The van der Waals surface area contributed by atoms with Crippen LogP contribution < -0.4 is 11.1 Å². The number of aromatic nitrogens is 2. The summed E-state index contributed by atoms with van der Waals surface area (Å²) in [7, 11) is 0. The fourth-order valence-electron chi connectivity index (χ4n) is 4.00. The molecule has 1 atom stereocenters. The number of hydrogen-bond donors (Lipinski definition) is 2. The molecular formula is C17H26N4O2. The SMILES string of the molecule is CC1CCn2ncc(C(=O)NC3(CC(N)=O)CCCCC3)c2C1. The van der Waals surface area contributed by atoms with Crippen molar-refractivity contribution >= 4 is 11.8 Å². The lowest BCUT2D eigenvalue weighted by Crippen LogP contribution is -2.52. The van der Waals surface area contributed by atoms with Crippen molar-refractivity contribution in [3.8, 4) is 0 Å². The molecule has 0 bridgehead atoms. The molecule has 1 aliphatic carbocycles. The number of amides is 2. The molecule has 6 nitrogen and oxygen atoms in total. The highest BCUT2D eigenvalue weighted by atomic mass is 16.2. The second kappa shape index (κ2) is 6.34. The lowest BCUT2D eigenvalue weighted by Gasteiger charge is -2.37. The molecule has 0 saturated heterocycles. The van der Waals surface area contributed by atoms with E-state index in [9.17, 15) is 9.59 Å². The maximum Gasteiger partial charge on any atom is 0.255 e. The van der Waals surface area contributed by atoms with Crippen LogP contribution in [-0.2, 0) is 17.8 Å². The van der Waals surface area contributed by atoms with Crippen LogP contribution >= 0.6 is 0 Å². The van der Waals surface area contributed by atoms with Crippen LogP contribution in [0.15, 0.2) is 6.20 Å². The minimum absolute atomic E-state index is 0.108. The molecule has 1 saturated carbocycles. The highest BCUT2D eigenvalue weighted by molar-refractivity contribution is 5.96. The predicted octanol–water partition coefficient (Wildman–Crippen LogP) is 1.77. The number of aryl methyl sites for hydroxylation is 1. The molecule has 2 heterocycles. The fraction of sp³-hybridized carbons (Fsp3) is 0.706. The van der Waals surface area contributed by atoms with Gasteiger partial charge in [-0.25, -0.2) is 0 Å². The Labute approximate surface area is 136 Å². The van der Waals surface area contributed by atoms with Gasteiger partial charge in [-0.15, -0.1) is 0 Å². The summed E-state index contributed by atoms with van der Waals surface area (Å²) in [5.74, 6) is 0.112. The normalized spacial score (nSPS) is 23.1. The van der Waals surface area contributed by atoms with Crippen molar-refractivity contribution in [1.82, 2.24) is 15.1 Å². The topological polar surface area (TPSA) is 90.0 Å². The van der Waals surface area contributed by atoms with E-state index in [1.807, 2.05) is 4.68 Å². The lowest BCUT2D eigenvalue weighted by molar-refractivity contribution is -0.119. The molecule has 1 fully saturated rings. The number of nitrogens with one attached hydrogen (secondary N) is 1. The molecule has 2 amide bonds. The van der Waals surface area contributed by atoms with E-state index < -0.39 is 5.54 Å². The van der Waals surface area contributed by atoms with Gasteiger partial charge < -0.3 is 11.1 Å². The molecule has 0 radical (unpaired) electrons. The molecule has 0 spiro atoms. The lowest BCUT2D eigenvalue weighted by atomic mass is 9.79. The van der Waals surface area contributed by atoms with Gasteiger partial charge in [0.05, 0.1) is 17.5 Å². The molecule has 23 heavy (non-hydrogen) atoms. The predicted molar refractivity (Wildman–Crippen MR) is 86.8 cm³/mol. The highest BCUT2D eigenvalue weighted by Gasteiger charge is 2.36. The van der Waals surface area contributed by atoms with Crippen LogP contribution in [0.2, 0.25) is 0 Å². The number of primary amides is 1. The largest absolute Gasteiger partial charge is 0.370 e. The molecule has 126 valence electrons. The number of carbonyl (C=O) groups excluding carboxylic acids is 2. The van der Waals surface area contributed by atoms with Crippen molar-refractivity contribution in [2.45, 2.75) is 70.4 Å². The molecule has 1 aromatic heterocycles. The van der Waals surface area contributed by atoms with E-state index in [0.29, 0.717) is 11.5 Å². The summed E-state index contributed by atoms with van der Waals surface area (Å²) in [6.45, 7) is 3.07. The average Bonchev–Trinajstić information content (AvgIpc) is 2.90. The number of nitrogens with two attached hydrogens (primary N) is 1. The monoisotopic (exact) mass is 318 g/mol. The van der Waals surface area contributed by atoms with Crippen LogP contribution in [0.1, 0.15) is 67.9 Å². The molecule has 2 aliphatic rings. The van der Waals surface area contributed by atoms with Crippen molar-refractivity contribution < 1.29 is 9.59 Å². The van der Waals surface area contributed by atoms with Gasteiger partial charge in [0, 0.05) is 18.5 Å². The summed E-state index contributed by atoms with van der Waals surface area (Å²) in [6, 6.07) is 0. The van der Waals surface area contributed by atoms with E-state index in [4.69, 9.17) is 5.73 Å². The second-order valence-corrected chi connectivity index (χ2v) is 7.26. The van der Waals surface area contributed by atoms with Gasteiger partial charge in [-0.05, 0) is 31.6 Å². The maximum atomic E-state index is 12.8. The summed E-state index contributed by atoms with van der Waals surface area (Å²) >= 11 is 0. The van der Waals surface area contributed by atoms with Crippen LogP contribution in [0.25, 0.3) is 0 Å². The number of hydrogen-bond acceptors (Lipinski definition) is 3. The first kappa shape index (κ1) is 16.0. The Kier molecular flexibility index (Phi) is 4.41. The standard InChI is InChI=1S/C17H26N4O2/c1-12-5-8-21-14(9-12)13(11-19-21)16(23)20-17(10-15(18)22)6-3-2-4-7-17/h11-12H,2-10H2,1H3,(H2,18,22)(H,20,23). The summed E-state index contributed by atoms with van der Waals surface area (Å²) in [5, 5.41) is 7.49. The average molecular weight is 318 g/mol. The van der Waals surface area contributed by atoms with Gasteiger partial charge >= 0.3 is 0 Å². The van der Waals surface area contributed by atoms with Gasteiger partial charge in [-0.2, -0.15) is 5.10 Å². The van der Waals surface area contributed by atoms with Crippen LogP contribution in [0.4, 0.5) is 0 Å². The van der Waals surface area contributed by atoms with Crippen LogP contribution in [-0.4, -0.2) is 27.1 Å². The fourth-order valence-corrected chi connectivity index (χ4v) is 4.00. The van der Waals surface area contributed by atoms with Crippen LogP contribution in [0.3, 0.4) is 0 Å². The van der Waals surface area contributed by atoms with Crippen molar-refractivity contribution in [3.63, 3.8) is 0 Å². The third-order valence-corrected chi connectivity index (χ3v) is 5.27. The van der Waals surface area contributed by atoms with Gasteiger partial charge in [0.2, 0.25) is 5.91 Å². The summed E-state index contributed by atoms with van der Waals surface area (Å²) < 4.78 is 1.94. The van der Waals surface area contributed by atoms with Gasteiger partial charge in [0.15, 0.2) is 0 Å². The van der Waals surface area contributed by atoms with Crippen molar-refractivity contribution in [1.29, 1.82) is 0 Å². The highest BCUT2D eigenvalue weighted by Crippen LogP contribution is 2.32. The number of rotatable bonds is 4. The Hall–Kier alpha value is -1.85. The summed E-state index contributed by atoms with van der Waals surface area (Å²) in [6.07, 6.45) is 8.71. The Morgan fingerprint density at radius 2 is 2.13 bits per heavy atom.